The SMILES string of the molecule is CC1(CCN=C(N)N2CCN(c3ccc(Cl)cc3)CC2)OCCO1.I. The smallest absolute Gasteiger partial charge is 0.191 e. The predicted molar refractivity (Wildman–Crippen MR) is 112 cm³/mol. The van der Waals surface area contributed by atoms with E-state index in [9.17, 15) is 0 Å². The highest BCUT2D eigenvalue weighted by atomic mass is 127. The lowest BCUT2D eigenvalue weighted by Crippen LogP contribution is -2.51. The van der Waals surface area contributed by atoms with Gasteiger partial charge in [0.25, 0.3) is 0 Å². The Morgan fingerprint density at radius 2 is 1.76 bits per heavy atom. The Kier molecular flexibility index (Phi) is 7.60. The van der Waals surface area contributed by atoms with Crippen LogP contribution in [0.4, 0.5) is 5.69 Å². The van der Waals surface area contributed by atoms with Crippen LogP contribution in [0.5, 0.6) is 0 Å². The second-order valence-corrected chi connectivity index (χ2v) is 6.71. The first-order valence-corrected chi connectivity index (χ1v) is 8.77. The zero-order valence-electron chi connectivity index (χ0n) is 14.5. The molecule has 8 heteroatoms. The molecule has 0 bridgehead atoms. The van der Waals surface area contributed by atoms with Gasteiger partial charge in [0, 0.05) is 49.9 Å². The number of aliphatic imine (C=N–C) groups is 1. The summed E-state index contributed by atoms with van der Waals surface area (Å²) in [7, 11) is 0. The van der Waals surface area contributed by atoms with E-state index in [-0.39, 0.29) is 24.0 Å². The van der Waals surface area contributed by atoms with Crippen molar-refractivity contribution in [1.29, 1.82) is 0 Å². The van der Waals surface area contributed by atoms with Crippen molar-refractivity contribution in [2.75, 3.05) is 50.8 Å². The molecule has 6 nitrogen and oxygen atoms in total. The van der Waals surface area contributed by atoms with Crippen LogP contribution in [0.25, 0.3) is 0 Å². The molecule has 3 rings (SSSR count). The number of hydrogen-bond donors (Lipinski definition) is 1. The summed E-state index contributed by atoms with van der Waals surface area (Å²) in [5.74, 6) is 0.101. The Labute approximate surface area is 171 Å². The third kappa shape index (κ3) is 5.60. The largest absolute Gasteiger partial charge is 0.370 e. The van der Waals surface area contributed by atoms with Gasteiger partial charge < -0.3 is 25.0 Å². The van der Waals surface area contributed by atoms with E-state index in [4.69, 9.17) is 26.8 Å². The summed E-state index contributed by atoms with van der Waals surface area (Å²) in [4.78, 5) is 8.96. The van der Waals surface area contributed by atoms with E-state index < -0.39 is 5.79 Å². The molecule has 2 saturated heterocycles. The molecule has 0 amide bonds. The Bertz CT molecular complexity index is 571. The topological polar surface area (TPSA) is 63.3 Å². The highest BCUT2D eigenvalue weighted by Crippen LogP contribution is 2.22. The Morgan fingerprint density at radius 1 is 1.16 bits per heavy atom. The molecule has 2 aliphatic heterocycles. The lowest BCUT2D eigenvalue weighted by Gasteiger charge is -2.36. The average Bonchev–Trinajstić information content (AvgIpc) is 3.02. The number of guanidine groups is 1. The van der Waals surface area contributed by atoms with Gasteiger partial charge in [-0.25, -0.2) is 0 Å². The molecular formula is C17H26ClIN4O2. The van der Waals surface area contributed by atoms with Gasteiger partial charge in [-0.3, -0.25) is 4.99 Å². The molecule has 2 fully saturated rings. The van der Waals surface area contributed by atoms with Crippen molar-refractivity contribution in [1.82, 2.24) is 4.90 Å². The summed E-state index contributed by atoms with van der Waals surface area (Å²) in [5.41, 5.74) is 7.33. The minimum atomic E-state index is -0.503. The minimum absolute atomic E-state index is 0. The molecule has 2 N–H and O–H groups in total. The van der Waals surface area contributed by atoms with Crippen LogP contribution in [-0.2, 0) is 9.47 Å². The molecule has 2 aliphatic rings. The molecule has 1 aromatic carbocycles. The maximum Gasteiger partial charge on any atom is 0.191 e. The van der Waals surface area contributed by atoms with Gasteiger partial charge >= 0.3 is 0 Å². The summed E-state index contributed by atoms with van der Waals surface area (Å²) in [6, 6.07) is 7.95. The van der Waals surface area contributed by atoms with Crippen molar-refractivity contribution in [3.63, 3.8) is 0 Å². The number of anilines is 1. The van der Waals surface area contributed by atoms with E-state index in [0.717, 1.165) is 37.6 Å². The predicted octanol–water partition coefficient (Wildman–Crippen LogP) is 2.55. The van der Waals surface area contributed by atoms with Crippen LogP contribution in [0.15, 0.2) is 29.3 Å². The molecule has 0 radical (unpaired) electrons. The fourth-order valence-electron chi connectivity index (χ4n) is 3.02. The molecule has 1 aromatic rings. The van der Waals surface area contributed by atoms with Crippen LogP contribution in [0.3, 0.4) is 0 Å². The maximum atomic E-state index is 6.14. The number of ether oxygens (including phenoxy) is 2. The van der Waals surface area contributed by atoms with Gasteiger partial charge in [-0.2, -0.15) is 0 Å². The number of nitrogens with zero attached hydrogens (tertiary/aromatic N) is 3. The fourth-order valence-corrected chi connectivity index (χ4v) is 3.15. The molecule has 0 aliphatic carbocycles. The fraction of sp³-hybridized carbons (Fsp3) is 0.588. The third-order valence-corrected chi connectivity index (χ3v) is 4.79. The van der Waals surface area contributed by atoms with E-state index in [2.05, 4.69) is 26.9 Å². The second kappa shape index (κ2) is 9.25. The van der Waals surface area contributed by atoms with Gasteiger partial charge in [0.05, 0.1) is 13.2 Å². The van der Waals surface area contributed by atoms with E-state index >= 15 is 0 Å². The minimum Gasteiger partial charge on any atom is -0.370 e. The monoisotopic (exact) mass is 480 g/mol. The molecule has 0 atom stereocenters. The van der Waals surface area contributed by atoms with Crippen LogP contribution < -0.4 is 10.6 Å². The number of nitrogens with two attached hydrogens (primary N) is 1. The van der Waals surface area contributed by atoms with E-state index in [0.29, 0.717) is 25.7 Å². The highest BCUT2D eigenvalue weighted by molar-refractivity contribution is 14.0. The van der Waals surface area contributed by atoms with Crippen molar-refractivity contribution in [2.24, 2.45) is 10.7 Å². The van der Waals surface area contributed by atoms with Crippen LogP contribution in [-0.4, -0.2) is 62.6 Å². The molecule has 0 spiro atoms. The third-order valence-electron chi connectivity index (χ3n) is 4.53. The van der Waals surface area contributed by atoms with Crippen LogP contribution in [0.1, 0.15) is 13.3 Å². The van der Waals surface area contributed by atoms with Crippen LogP contribution in [0, 0.1) is 0 Å². The molecule has 2 heterocycles. The van der Waals surface area contributed by atoms with E-state index in [1.165, 1.54) is 5.69 Å². The normalized spacial score (nSPS) is 20.5. The van der Waals surface area contributed by atoms with Crippen molar-refractivity contribution >= 4 is 47.2 Å². The van der Waals surface area contributed by atoms with Crippen molar-refractivity contribution in [2.45, 2.75) is 19.1 Å². The van der Waals surface area contributed by atoms with Gasteiger partial charge in [-0.15, -0.1) is 24.0 Å². The van der Waals surface area contributed by atoms with Gasteiger partial charge in [-0.05, 0) is 31.2 Å². The van der Waals surface area contributed by atoms with Gasteiger partial charge in [0.2, 0.25) is 0 Å². The Hall–Kier alpha value is -0.770. The van der Waals surface area contributed by atoms with E-state index in [1.807, 2.05) is 19.1 Å². The summed E-state index contributed by atoms with van der Waals surface area (Å²) in [6.45, 7) is 7.44. The Balaban J connectivity index is 0.00000225. The zero-order valence-corrected chi connectivity index (χ0v) is 17.6. The standard InChI is InChI=1S/C17H25ClN4O2.HI/c1-17(23-12-13-24-17)6-7-20-16(19)22-10-8-21(9-11-22)15-4-2-14(18)3-5-15;/h2-5H,6-13H2,1H3,(H2,19,20);1H. The summed E-state index contributed by atoms with van der Waals surface area (Å²) in [6.07, 6.45) is 0.721. The average molecular weight is 481 g/mol. The van der Waals surface area contributed by atoms with Gasteiger partial charge in [0.15, 0.2) is 11.7 Å². The Morgan fingerprint density at radius 3 is 2.36 bits per heavy atom. The second-order valence-electron chi connectivity index (χ2n) is 6.27. The lowest BCUT2D eigenvalue weighted by atomic mass is 10.2. The summed E-state index contributed by atoms with van der Waals surface area (Å²) in [5, 5.41) is 0.762. The number of rotatable bonds is 4. The maximum absolute atomic E-state index is 6.14. The molecule has 0 unspecified atom stereocenters. The number of benzene rings is 1. The number of hydrogen-bond acceptors (Lipinski definition) is 4. The zero-order chi connectivity index (χ0) is 17.0. The molecule has 0 saturated carbocycles. The lowest BCUT2D eigenvalue weighted by molar-refractivity contribution is -0.144. The van der Waals surface area contributed by atoms with Crippen molar-refractivity contribution < 1.29 is 9.47 Å². The highest BCUT2D eigenvalue weighted by Gasteiger charge is 2.30. The molecular weight excluding hydrogens is 455 g/mol. The van der Waals surface area contributed by atoms with Crippen molar-refractivity contribution in [3.8, 4) is 0 Å². The van der Waals surface area contributed by atoms with Gasteiger partial charge in [0.1, 0.15) is 0 Å². The first kappa shape index (κ1) is 20.5. The molecule has 0 aromatic heterocycles. The number of halogens is 2. The van der Waals surface area contributed by atoms with Crippen LogP contribution in [0.2, 0.25) is 5.02 Å². The van der Waals surface area contributed by atoms with Crippen LogP contribution >= 0.6 is 35.6 Å². The number of piperazine rings is 1. The molecule has 140 valence electrons. The summed E-state index contributed by atoms with van der Waals surface area (Å²) >= 11 is 5.94. The molecule has 25 heavy (non-hydrogen) atoms. The quantitative estimate of drug-likeness (QED) is 0.408. The first-order chi connectivity index (χ1) is 11.6. The first-order valence-electron chi connectivity index (χ1n) is 8.39. The van der Waals surface area contributed by atoms with Crippen molar-refractivity contribution in [3.05, 3.63) is 29.3 Å². The van der Waals surface area contributed by atoms with Gasteiger partial charge in [-0.1, -0.05) is 11.6 Å². The summed E-state index contributed by atoms with van der Waals surface area (Å²) < 4.78 is 11.2. The van der Waals surface area contributed by atoms with E-state index in [1.54, 1.807) is 0 Å².